The van der Waals surface area contributed by atoms with E-state index >= 15 is 0 Å². The largest absolute Gasteiger partial charge is 0.322 e. The van der Waals surface area contributed by atoms with Crippen LogP contribution in [0.1, 0.15) is 5.56 Å². The lowest BCUT2D eigenvalue weighted by molar-refractivity contribution is 0.628. The molecule has 0 fully saturated rings. The number of aromatic nitrogens is 1. The summed E-state index contributed by atoms with van der Waals surface area (Å²) in [6.45, 7) is 1.74. The Balaban J connectivity index is 2.50. The number of rotatable bonds is 1. The number of nitrogens with one attached hydrogen (secondary N) is 1. The van der Waals surface area contributed by atoms with Crippen molar-refractivity contribution in [1.29, 1.82) is 0 Å². The quantitative estimate of drug-likeness (QED) is 0.758. The normalized spacial score (nSPS) is 10.3. The fraction of sp³-hybridized carbons (Fsp3) is 0.0833. The number of aryl methyl sites for hydroxylation is 1. The summed E-state index contributed by atoms with van der Waals surface area (Å²) >= 11 is 0. The van der Waals surface area contributed by atoms with E-state index < -0.39 is 0 Å². The molecule has 1 aromatic heterocycles. The predicted molar refractivity (Wildman–Crippen MR) is 57.2 cm³/mol. The third-order valence-electron chi connectivity index (χ3n) is 2.26. The Hall–Kier alpha value is -1.90. The first-order chi connectivity index (χ1) is 7.16. The van der Waals surface area contributed by atoms with E-state index in [1.54, 1.807) is 25.1 Å². The Bertz CT molecular complexity index is 528. The van der Waals surface area contributed by atoms with E-state index in [0.717, 1.165) is 5.56 Å². The van der Waals surface area contributed by atoms with Crippen molar-refractivity contribution >= 4 is 0 Å². The molecule has 0 saturated carbocycles. The lowest BCUT2D eigenvalue weighted by Crippen LogP contribution is -2.09. The number of pyridine rings is 1. The van der Waals surface area contributed by atoms with Gasteiger partial charge in [-0.25, -0.2) is 4.39 Å². The number of H-pyrrole nitrogens is 1. The molecule has 0 spiro atoms. The van der Waals surface area contributed by atoms with Crippen LogP contribution in [-0.4, -0.2) is 4.98 Å². The number of aromatic amines is 1. The van der Waals surface area contributed by atoms with Crippen LogP contribution in [0.5, 0.6) is 0 Å². The minimum absolute atomic E-state index is 0.114. The molecule has 0 atom stereocenters. The highest BCUT2D eigenvalue weighted by Crippen LogP contribution is 2.15. The number of halogens is 1. The highest BCUT2D eigenvalue weighted by Gasteiger charge is 2.00. The molecule has 0 aliphatic carbocycles. The fourth-order valence-electron chi connectivity index (χ4n) is 1.34. The van der Waals surface area contributed by atoms with Gasteiger partial charge < -0.3 is 4.98 Å². The zero-order valence-corrected chi connectivity index (χ0v) is 8.25. The number of hydrogen-bond donors (Lipinski definition) is 1. The van der Waals surface area contributed by atoms with Crippen LogP contribution < -0.4 is 5.56 Å². The SMILES string of the molecule is Cc1ccc(-c2ccc(F)cc2)[nH]c1=O. The lowest BCUT2D eigenvalue weighted by Gasteiger charge is -2.01. The van der Waals surface area contributed by atoms with Crippen LogP contribution >= 0.6 is 0 Å². The first-order valence-corrected chi connectivity index (χ1v) is 4.63. The third kappa shape index (κ3) is 1.96. The van der Waals surface area contributed by atoms with Gasteiger partial charge in [0.1, 0.15) is 5.82 Å². The Morgan fingerprint density at radius 1 is 1.07 bits per heavy atom. The van der Waals surface area contributed by atoms with Crippen molar-refractivity contribution < 1.29 is 4.39 Å². The molecule has 0 saturated heterocycles. The van der Waals surface area contributed by atoms with Crippen LogP contribution in [0, 0.1) is 12.7 Å². The third-order valence-corrected chi connectivity index (χ3v) is 2.26. The number of hydrogen-bond acceptors (Lipinski definition) is 1. The molecule has 1 heterocycles. The van der Waals surface area contributed by atoms with Crippen LogP contribution in [0.15, 0.2) is 41.2 Å². The summed E-state index contributed by atoms with van der Waals surface area (Å²) < 4.78 is 12.7. The van der Waals surface area contributed by atoms with Crippen molar-refractivity contribution in [3.05, 3.63) is 58.1 Å². The second-order valence-corrected chi connectivity index (χ2v) is 3.39. The van der Waals surface area contributed by atoms with Crippen molar-refractivity contribution in [2.24, 2.45) is 0 Å². The van der Waals surface area contributed by atoms with Crippen LogP contribution in [0.25, 0.3) is 11.3 Å². The van der Waals surface area contributed by atoms with Gasteiger partial charge in [0, 0.05) is 11.3 Å². The van der Waals surface area contributed by atoms with Crippen molar-refractivity contribution in [1.82, 2.24) is 4.98 Å². The van der Waals surface area contributed by atoms with Gasteiger partial charge in [-0.3, -0.25) is 4.79 Å². The van der Waals surface area contributed by atoms with E-state index in [2.05, 4.69) is 4.98 Å². The minimum Gasteiger partial charge on any atom is -0.322 e. The molecule has 0 unspecified atom stereocenters. The maximum Gasteiger partial charge on any atom is 0.251 e. The van der Waals surface area contributed by atoms with Crippen LogP contribution in [0.3, 0.4) is 0 Å². The first-order valence-electron chi connectivity index (χ1n) is 4.63. The van der Waals surface area contributed by atoms with E-state index in [9.17, 15) is 9.18 Å². The average Bonchev–Trinajstić information content (AvgIpc) is 2.23. The number of benzene rings is 1. The van der Waals surface area contributed by atoms with Gasteiger partial charge in [0.2, 0.25) is 0 Å². The Labute approximate surface area is 86.4 Å². The van der Waals surface area contributed by atoms with E-state index in [0.29, 0.717) is 11.3 Å². The standard InChI is InChI=1S/C12H10FNO/c1-8-2-7-11(14-12(8)15)9-3-5-10(13)6-4-9/h2-7H,1H3,(H,14,15). The van der Waals surface area contributed by atoms with Crippen molar-refractivity contribution in [2.75, 3.05) is 0 Å². The molecule has 0 amide bonds. The maximum absolute atomic E-state index is 12.7. The predicted octanol–water partition coefficient (Wildman–Crippen LogP) is 2.49. The van der Waals surface area contributed by atoms with E-state index in [1.165, 1.54) is 12.1 Å². The summed E-state index contributed by atoms with van der Waals surface area (Å²) in [4.78, 5) is 14.1. The van der Waals surface area contributed by atoms with Gasteiger partial charge >= 0.3 is 0 Å². The van der Waals surface area contributed by atoms with E-state index in [-0.39, 0.29) is 11.4 Å². The van der Waals surface area contributed by atoms with Crippen LogP contribution in [0.2, 0.25) is 0 Å². The Kier molecular flexibility index (Phi) is 2.37. The minimum atomic E-state index is -0.284. The molecule has 1 aromatic carbocycles. The highest BCUT2D eigenvalue weighted by molar-refractivity contribution is 5.58. The van der Waals surface area contributed by atoms with Crippen LogP contribution in [-0.2, 0) is 0 Å². The summed E-state index contributed by atoms with van der Waals surface area (Å²) in [5.74, 6) is -0.284. The second-order valence-electron chi connectivity index (χ2n) is 3.39. The maximum atomic E-state index is 12.7. The molecular formula is C12H10FNO. The van der Waals surface area contributed by atoms with Crippen molar-refractivity contribution in [3.63, 3.8) is 0 Å². The van der Waals surface area contributed by atoms with E-state index in [4.69, 9.17) is 0 Å². The summed E-state index contributed by atoms with van der Waals surface area (Å²) in [7, 11) is 0. The van der Waals surface area contributed by atoms with Gasteiger partial charge in [0.05, 0.1) is 0 Å². The second kappa shape index (κ2) is 3.69. The average molecular weight is 203 g/mol. The molecule has 0 aliphatic heterocycles. The molecule has 3 heteroatoms. The molecule has 2 aromatic rings. The molecule has 2 rings (SSSR count). The van der Waals surface area contributed by atoms with Crippen LogP contribution in [0.4, 0.5) is 4.39 Å². The molecule has 0 radical (unpaired) electrons. The molecule has 15 heavy (non-hydrogen) atoms. The monoisotopic (exact) mass is 203 g/mol. The fourth-order valence-corrected chi connectivity index (χ4v) is 1.34. The Morgan fingerprint density at radius 2 is 1.73 bits per heavy atom. The summed E-state index contributed by atoms with van der Waals surface area (Å²) in [5.41, 5.74) is 2.05. The van der Waals surface area contributed by atoms with Crippen molar-refractivity contribution in [3.8, 4) is 11.3 Å². The first kappa shape index (κ1) is 9.65. The van der Waals surface area contributed by atoms with Gasteiger partial charge in [0.25, 0.3) is 5.56 Å². The lowest BCUT2D eigenvalue weighted by atomic mass is 10.1. The summed E-state index contributed by atoms with van der Waals surface area (Å²) in [5, 5.41) is 0. The molecule has 76 valence electrons. The van der Waals surface area contributed by atoms with Gasteiger partial charge in [-0.05, 0) is 42.8 Å². The molecule has 0 aliphatic rings. The van der Waals surface area contributed by atoms with Gasteiger partial charge in [0.15, 0.2) is 0 Å². The van der Waals surface area contributed by atoms with Gasteiger partial charge in [-0.1, -0.05) is 6.07 Å². The van der Waals surface area contributed by atoms with Crippen molar-refractivity contribution in [2.45, 2.75) is 6.92 Å². The molecule has 0 bridgehead atoms. The smallest absolute Gasteiger partial charge is 0.251 e. The zero-order valence-electron chi connectivity index (χ0n) is 8.25. The molecule has 2 nitrogen and oxygen atoms in total. The highest BCUT2D eigenvalue weighted by atomic mass is 19.1. The Morgan fingerprint density at radius 3 is 2.33 bits per heavy atom. The molecular weight excluding hydrogens is 193 g/mol. The molecule has 1 N–H and O–H groups in total. The van der Waals surface area contributed by atoms with Gasteiger partial charge in [-0.2, -0.15) is 0 Å². The summed E-state index contributed by atoms with van der Waals surface area (Å²) in [6, 6.07) is 9.56. The summed E-state index contributed by atoms with van der Waals surface area (Å²) in [6.07, 6.45) is 0. The topological polar surface area (TPSA) is 32.9 Å². The van der Waals surface area contributed by atoms with Gasteiger partial charge in [-0.15, -0.1) is 0 Å². The zero-order chi connectivity index (χ0) is 10.8. The van der Waals surface area contributed by atoms with E-state index in [1.807, 2.05) is 6.07 Å².